The second-order valence-corrected chi connectivity index (χ2v) is 6.23. The molecule has 2 N–H and O–H groups in total. The van der Waals surface area contributed by atoms with E-state index in [0.29, 0.717) is 18.4 Å². The number of nitrogens with one attached hydrogen (secondary N) is 2. The molecule has 5 heteroatoms. The van der Waals surface area contributed by atoms with Crippen molar-refractivity contribution in [1.29, 1.82) is 0 Å². The van der Waals surface area contributed by atoms with E-state index in [1.54, 1.807) is 0 Å². The molecule has 1 fully saturated rings. The van der Waals surface area contributed by atoms with E-state index in [-0.39, 0.29) is 23.6 Å². The van der Waals surface area contributed by atoms with Crippen molar-refractivity contribution in [3.05, 3.63) is 35.4 Å². The van der Waals surface area contributed by atoms with Gasteiger partial charge in [-0.15, -0.1) is 0 Å². The zero-order valence-electron chi connectivity index (χ0n) is 13.7. The molecular weight excluding hydrogens is 284 g/mol. The Kier molecular flexibility index (Phi) is 5.37. The van der Waals surface area contributed by atoms with Gasteiger partial charge in [-0.1, -0.05) is 19.9 Å². The number of hydrogen-bond donors (Lipinski definition) is 2. The van der Waals surface area contributed by atoms with Crippen LogP contribution in [0.3, 0.4) is 0 Å². The number of benzene rings is 1. The molecule has 3 atom stereocenters. The van der Waals surface area contributed by atoms with Crippen LogP contribution in [0.1, 0.15) is 45.6 Å². The predicted octanol–water partition coefficient (Wildman–Crippen LogP) is 3.42. The molecule has 0 saturated heterocycles. The first kappa shape index (κ1) is 16.7. The lowest BCUT2D eigenvalue weighted by molar-refractivity contribution is 0.480. The van der Waals surface area contributed by atoms with Crippen LogP contribution in [0.2, 0.25) is 0 Å². The molecule has 1 saturated carbocycles. The highest BCUT2D eigenvalue weighted by Crippen LogP contribution is 2.43. The number of guanidine groups is 1. The fourth-order valence-electron chi connectivity index (χ4n) is 2.39. The standard InChI is InChI=1S/C17H25F2N3/c1-5-20-17(21-11(4)10(2)3)22-15-9-12(15)16-13(18)7-6-8-14(16)19/h6-8,10-12,15H,5,9H2,1-4H3,(H2,20,21,22). The highest BCUT2D eigenvalue weighted by molar-refractivity contribution is 5.81. The van der Waals surface area contributed by atoms with Gasteiger partial charge in [0.15, 0.2) is 5.96 Å². The number of halogens is 2. The van der Waals surface area contributed by atoms with E-state index in [1.807, 2.05) is 6.92 Å². The van der Waals surface area contributed by atoms with Gasteiger partial charge in [-0.2, -0.15) is 0 Å². The topological polar surface area (TPSA) is 36.4 Å². The van der Waals surface area contributed by atoms with Crippen molar-refractivity contribution in [1.82, 2.24) is 10.6 Å². The van der Waals surface area contributed by atoms with Crippen molar-refractivity contribution >= 4 is 5.96 Å². The zero-order chi connectivity index (χ0) is 16.3. The molecule has 122 valence electrons. The van der Waals surface area contributed by atoms with Crippen LogP contribution >= 0.6 is 0 Å². The van der Waals surface area contributed by atoms with Crippen LogP contribution in [0.25, 0.3) is 0 Å². The van der Waals surface area contributed by atoms with E-state index in [9.17, 15) is 8.78 Å². The Morgan fingerprint density at radius 1 is 1.27 bits per heavy atom. The molecular formula is C17H25F2N3. The van der Waals surface area contributed by atoms with Gasteiger partial charge >= 0.3 is 0 Å². The molecule has 3 unspecified atom stereocenters. The van der Waals surface area contributed by atoms with Crippen LogP contribution in [0.5, 0.6) is 0 Å². The maximum Gasteiger partial charge on any atom is 0.191 e. The molecule has 0 spiro atoms. The number of hydrogen-bond acceptors (Lipinski definition) is 1. The summed E-state index contributed by atoms with van der Waals surface area (Å²) in [4.78, 5) is 4.41. The van der Waals surface area contributed by atoms with Crippen molar-refractivity contribution in [3.63, 3.8) is 0 Å². The summed E-state index contributed by atoms with van der Waals surface area (Å²) in [7, 11) is 0. The van der Waals surface area contributed by atoms with Gasteiger partial charge in [0.05, 0.1) is 0 Å². The third kappa shape index (κ3) is 3.96. The molecule has 3 nitrogen and oxygen atoms in total. The Balaban J connectivity index is 2.01. The molecule has 1 aliphatic rings. The second-order valence-electron chi connectivity index (χ2n) is 6.23. The minimum Gasteiger partial charge on any atom is -0.354 e. The van der Waals surface area contributed by atoms with Crippen LogP contribution in [-0.4, -0.2) is 24.6 Å². The lowest BCUT2D eigenvalue weighted by atomic mass is 10.1. The fraction of sp³-hybridized carbons (Fsp3) is 0.588. The van der Waals surface area contributed by atoms with Crippen molar-refractivity contribution < 1.29 is 8.78 Å². The maximum atomic E-state index is 13.8. The molecule has 0 aromatic heterocycles. The lowest BCUT2D eigenvalue weighted by Gasteiger charge is -2.21. The average Bonchev–Trinajstić information content (AvgIpc) is 3.17. The SMILES string of the molecule is CCN=C(NC(C)C(C)C)NC1CC1c1c(F)cccc1F. The summed E-state index contributed by atoms with van der Waals surface area (Å²) in [5.41, 5.74) is 0.188. The largest absolute Gasteiger partial charge is 0.354 e. The summed E-state index contributed by atoms with van der Waals surface area (Å²) >= 11 is 0. The maximum absolute atomic E-state index is 13.8. The third-order valence-electron chi connectivity index (χ3n) is 4.16. The van der Waals surface area contributed by atoms with Gasteiger partial charge in [-0.25, -0.2) is 8.78 Å². The van der Waals surface area contributed by atoms with Gasteiger partial charge in [-0.05, 0) is 38.3 Å². The Hall–Kier alpha value is -1.65. The van der Waals surface area contributed by atoms with Crippen molar-refractivity contribution in [2.45, 2.75) is 52.1 Å². The van der Waals surface area contributed by atoms with Gasteiger partial charge in [-0.3, -0.25) is 4.99 Å². The first-order chi connectivity index (χ1) is 10.4. The van der Waals surface area contributed by atoms with Crippen LogP contribution < -0.4 is 10.6 Å². The molecule has 0 amide bonds. The molecule has 0 heterocycles. The Labute approximate surface area is 131 Å². The average molecular weight is 309 g/mol. The Morgan fingerprint density at radius 3 is 2.45 bits per heavy atom. The second kappa shape index (κ2) is 7.07. The molecule has 22 heavy (non-hydrogen) atoms. The molecule has 2 rings (SSSR count). The van der Waals surface area contributed by atoms with Crippen molar-refractivity contribution in [2.24, 2.45) is 10.9 Å². The molecule has 1 aromatic carbocycles. The lowest BCUT2D eigenvalue weighted by Crippen LogP contribution is -2.45. The molecule has 0 radical (unpaired) electrons. The fourth-order valence-corrected chi connectivity index (χ4v) is 2.39. The molecule has 0 bridgehead atoms. The first-order valence-corrected chi connectivity index (χ1v) is 7.95. The highest BCUT2D eigenvalue weighted by atomic mass is 19.1. The molecule has 1 aliphatic carbocycles. The Bertz CT molecular complexity index is 522. The third-order valence-corrected chi connectivity index (χ3v) is 4.16. The minimum atomic E-state index is -0.466. The summed E-state index contributed by atoms with van der Waals surface area (Å²) in [6.45, 7) is 8.99. The van der Waals surface area contributed by atoms with Crippen LogP contribution in [0.15, 0.2) is 23.2 Å². The van der Waals surface area contributed by atoms with E-state index in [1.165, 1.54) is 18.2 Å². The van der Waals surface area contributed by atoms with E-state index < -0.39 is 11.6 Å². The quantitative estimate of drug-likeness (QED) is 0.646. The molecule has 0 aliphatic heterocycles. The Morgan fingerprint density at radius 2 is 1.91 bits per heavy atom. The smallest absolute Gasteiger partial charge is 0.191 e. The van der Waals surface area contributed by atoms with Crippen molar-refractivity contribution in [3.8, 4) is 0 Å². The summed E-state index contributed by atoms with van der Waals surface area (Å²) in [6.07, 6.45) is 0.721. The van der Waals surface area contributed by atoms with Gasteiger partial charge in [0, 0.05) is 30.1 Å². The number of rotatable bonds is 5. The van der Waals surface area contributed by atoms with Crippen LogP contribution in [0, 0.1) is 17.6 Å². The number of nitrogens with zero attached hydrogens (tertiary/aromatic N) is 1. The predicted molar refractivity (Wildman–Crippen MR) is 86.1 cm³/mol. The van der Waals surface area contributed by atoms with Crippen LogP contribution in [0.4, 0.5) is 8.78 Å². The minimum absolute atomic E-state index is 0.0311. The summed E-state index contributed by atoms with van der Waals surface area (Å²) in [6, 6.07) is 4.33. The summed E-state index contributed by atoms with van der Waals surface area (Å²) in [5.74, 6) is 0.133. The van der Waals surface area contributed by atoms with E-state index in [0.717, 1.165) is 6.42 Å². The zero-order valence-corrected chi connectivity index (χ0v) is 13.7. The van der Waals surface area contributed by atoms with E-state index in [2.05, 4.69) is 36.4 Å². The summed E-state index contributed by atoms with van der Waals surface area (Å²) < 4.78 is 27.6. The normalized spacial score (nSPS) is 22.6. The first-order valence-electron chi connectivity index (χ1n) is 7.95. The monoisotopic (exact) mass is 309 g/mol. The van der Waals surface area contributed by atoms with Gasteiger partial charge in [0.1, 0.15) is 11.6 Å². The van der Waals surface area contributed by atoms with Gasteiger partial charge in [0.2, 0.25) is 0 Å². The molecule has 1 aromatic rings. The van der Waals surface area contributed by atoms with Gasteiger partial charge < -0.3 is 10.6 Å². The van der Waals surface area contributed by atoms with Crippen molar-refractivity contribution in [2.75, 3.05) is 6.54 Å². The van der Waals surface area contributed by atoms with Crippen LogP contribution in [-0.2, 0) is 0 Å². The highest BCUT2D eigenvalue weighted by Gasteiger charge is 2.42. The van der Waals surface area contributed by atoms with Gasteiger partial charge in [0.25, 0.3) is 0 Å². The van der Waals surface area contributed by atoms with E-state index in [4.69, 9.17) is 0 Å². The van der Waals surface area contributed by atoms with E-state index >= 15 is 0 Å². The summed E-state index contributed by atoms with van der Waals surface area (Å²) in [5, 5.41) is 6.63. The number of aliphatic imine (C=N–C) groups is 1.